The van der Waals surface area contributed by atoms with Crippen molar-refractivity contribution in [2.24, 2.45) is 22.2 Å². The molecule has 0 amide bonds. The van der Waals surface area contributed by atoms with E-state index in [0.29, 0.717) is 17.8 Å². The van der Waals surface area contributed by atoms with Crippen molar-refractivity contribution in [2.75, 3.05) is 13.1 Å². The lowest BCUT2D eigenvalue weighted by molar-refractivity contribution is -0.274. The Labute approximate surface area is 303 Å². The standard InChI is InChI=1S/C22H31N7O.C16H22F3NO2/c1-14(25-10-5-11-26-20(23)24)15-6-8-17(9-7-15)29-13-16-12-18(22(2,3)4)27-19(16)28-21(29)30;1-15(2,3)11-4-10(9-21-13-7-12(20)8-13)5-14(6-11)22-16(17,18)19/h6-9,12-14,25H,5,10-11H2,1-4H3,(H4,23,24,26)(H,27,28,30);4-6,12-13H,7-9,20H2,1-3H3/t14-;/m0./s1. The highest BCUT2D eigenvalue weighted by Gasteiger charge is 2.32. The van der Waals surface area contributed by atoms with Crippen LogP contribution < -0.4 is 32.9 Å². The number of hydrogen-bond acceptors (Lipinski definition) is 7. The maximum absolute atomic E-state index is 12.6. The normalized spacial score (nSPS) is 16.8. The van der Waals surface area contributed by atoms with Crippen LogP contribution in [0.5, 0.6) is 5.75 Å². The lowest BCUT2D eigenvalue weighted by atomic mass is 9.86. The van der Waals surface area contributed by atoms with Crippen LogP contribution in [-0.4, -0.2) is 52.1 Å². The van der Waals surface area contributed by atoms with Crippen LogP contribution >= 0.6 is 0 Å². The maximum atomic E-state index is 12.6. The van der Waals surface area contributed by atoms with E-state index in [1.165, 1.54) is 12.1 Å². The Kier molecular flexibility index (Phi) is 12.8. The van der Waals surface area contributed by atoms with Crippen molar-refractivity contribution in [3.8, 4) is 11.4 Å². The van der Waals surface area contributed by atoms with Gasteiger partial charge in [-0.3, -0.25) is 9.56 Å². The quantitative estimate of drug-likeness (QED) is 0.0690. The van der Waals surface area contributed by atoms with Crippen LogP contribution in [0.4, 0.5) is 13.2 Å². The van der Waals surface area contributed by atoms with Crippen molar-refractivity contribution in [3.63, 3.8) is 0 Å². The molecule has 8 N–H and O–H groups in total. The third kappa shape index (κ3) is 11.8. The molecule has 1 fully saturated rings. The predicted octanol–water partition coefficient (Wildman–Crippen LogP) is 6.21. The van der Waals surface area contributed by atoms with Crippen LogP contribution in [0.1, 0.15) is 96.2 Å². The van der Waals surface area contributed by atoms with Gasteiger partial charge in [0, 0.05) is 41.3 Å². The van der Waals surface area contributed by atoms with E-state index in [0.717, 1.165) is 53.7 Å². The van der Waals surface area contributed by atoms with E-state index < -0.39 is 6.36 Å². The number of H-pyrrole nitrogens is 1. The first-order valence-corrected chi connectivity index (χ1v) is 17.5. The van der Waals surface area contributed by atoms with Gasteiger partial charge in [-0.05, 0) is 85.2 Å². The molecule has 4 aromatic rings. The molecule has 14 heteroatoms. The van der Waals surface area contributed by atoms with Gasteiger partial charge in [-0.1, -0.05) is 59.7 Å². The first-order chi connectivity index (χ1) is 24.2. The number of halogens is 3. The number of aromatic nitrogens is 3. The average molecular weight is 727 g/mol. The van der Waals surface area contributed by atoms with Crippen LogP contribution in [0.2, 0.25) is 0 Å². The van der Waals surface area contributed by atoms with Crippen LogP contribution in [0.25, 0.3) is 16.7 Å². The molecule has 1 aliphatic carbocycles. The lowest BCUT2D eigenvalue weighted by Crippen LogP contribution is -2.41. The minimum Gasteiger partial charge on any atom is -0.406 e. The fraction of sp³-hybridized carbons (Fsp3) is 0.500. The van der Waals surface area contributed by atoms with Gasteiger partial charge in [0.1, 0.15) is 11.4 Å². The summed E-state index contributed by atoms with van der Waals surface area (Å²) in [5.41, 5.74) is 20.8. The van der Waals surface area contributed by atoms with Gasteiger partial charge in [-0.2, -0.15) is 4.98 Å². The molecule has 1 aliphatic rings. The number of nitrogens with zero attached hydrogens (tertiary/aromatic N) is 3. The van der Waals surface area contributed by atoms with Gasteiger partial charge in [0.2, 0.25) is 0 Å². The largest absolute Gasteiger partial charge is 0.573 e. The minimum absolute atomic E-state index is 0.0390. The number of hydrogen-bond donors (Lipinski definition) is 5. The first kappa shape index (κ1) is 40.4. The second kappa shape index (κ2) is 16.5. The van der Waals surface area contributed by atoms with E-state index in [9.17, 15) is 18.0 Å². The summed E-state index contributed by atoms with van der Waals surface area (Å²) in [6.45, 7) is 16.0. The van der Waals surface area contributed by atoms with Gasteiger partial charge >= 0.3 is 12.1 Å². The van der Waals surface area contributed by atoms with Crippen molar-refractivity contribution < 1.29 is 22.6 Å². The molecule has 1 saturated carbocycles. The van der Waals surface area contributed by atoms with Crippen LogP contribution in [-0.2, 0) is 22.2 Å². The molecule has 0 aliphatic heterocycles. The fourth-order valence-electron chi connectivity index (χ4n) is 5.56. The Morgan fingerprint density at radius 3 is 2.29 bits per heavy atom. The number of alkyl halides is 3. The molecule has 0 spiro atoms. The highest BCUT2D eigenvalue weighted by atomic mass is 19.4. The predicted molar refractivity (Wildman–Crippen MR) is 200 cm³/mol. The summed E-state index contributed by atoms with van der Waals surface area (Å²) in [6.07, 6.45) is -0.309. The molecule has 1 atom stereocenters. The second-order valence-electron chi connectivity index (χ2n) is 15.4. The number of benzene rings is 2. The number of guanidine groups is 1. The van der Waals surface area contributed by atoms with E-state index in [1.54, 1.807) is 4.57 Å². The molecule has 0 radical (unpaired) electrons. The molecule has 52 heavy (non-hydrogen) atoms. The number of nitrogens with one attached hydrogen (secondary N) is 2. The highest BCUT2D eigenvalue weighted by molar-refractivity contribution is 5.76. The minimum atomic E-state index is -4.70. The van der Waals surface area contributed by atoms with Gasteiger partial charge in [-0.25, -0.2) is 4.79 Å². The number of nitrogens with two attached hydrogens (primary N) is 3. The number of aromatic amines is 1. The van der Waals surface area contributed by atoms with E-state index >= 15 is 0 Å². The summed E-state index contributed by atoms with van der Waals surface area (Å²) in [6, 6.07) is 15.0. The number of rotatable bonds is 11. The van der Waals surface area contributed by atoms with Gasteiger partial charge < -0.3 is 37.0 Å². The third-order valence-corrected chi connectivity index (χ3v) is 8.75. The SMILES string of the molecule is CC(C)(C)c1cc(COC2CC(N)C2)cc(OC(F)(F)F)c1.C[C@H](NCCCN=C(N)N)c1ccc(-n2cc3cc(C(C)(C)C)[nH]c3nc2=O)cc1. The van der Waals surface area contributed by atoms with E-state index in [-0.39, 0.29) is 53.0 Å². The van der Waals surface area contributed by atoms with E-state index in [4.69, 9.17) is 21.9 Å². The van der Waals surface area contributed by atoms with Crippen molar-refractivity contribution >= 4 is 17.0 Å². The summed E-state index contributed by atoms with van der Waals surface area (Å²) in [4.78, 5) is 24.0. The molecular weight excluding hydrogens is 673 g/mol. The zero-order valence-corrected chi connectivity index (χ0v) is 31.1. The molecule has 11 nitrogen and oxygen atoms in total. The Morgan fingerprint density at radius 2 is 1.71 bits per heavy atom. The second-order valence-corrected chi connectivity index (χ2v) is 15.4. The van der Waals surface area contributed by atoms with Crippen LogP contribution in [0.15, 0.2) is 64.5 Å². The van der Waals surface area contributed by atoms with Crippen LogP contribution in [0.3, 0.4) is 0 Å². The molecule has 0 bridgehead atoms. The van der Waals surface area contributed by atoms with Gasteiger partial charge in [0.15, 0.2) is 5.96 Å². The van der Waals surface area contributed by atoms with E-state index in [2.05, 4.69) is 58.8 Å². The van der Waals surface area contributed by atoms with Crippen molar-refractivity contribution in [2.45, 2.75) is 110 Å². The fourth-order valence-corrected chi connectivity index (χ4v) is 5.56. The molecule has 2 aromatic heterocycles. The van der Waals surface area contributed by atoms with Gasteiger partial charge in [0.05, 0.1) is 18.4 Å². The zero-order valence-electron chi connectivity index (χ0n) is 31.1. The Balaban J connectivity index is 0.000000244. The summed E-state index contributed by atoms with van der Waals surface area (Å²) < 4.78 is 48.7. The zero-order chi connectivity index (χ0) is 38.4. The number of aliphatic imine (C=N–C) groups is 1. The summed E-state index contributed by atoms with van der Waals surface area (Å²) in [5.74, 6) is -0.0836. The Hall–Kier alpha value is -4.40. The summed E-state index contributed by atoms with van der Waals surface area (Å²) in [7, 11) is 0. The summed E-state index contributed by atoms with van der Waals surface area (Å²) in [5, 5.41) is 4.36. The average Bonchev–Trinajstić information content (AvgIpc) is 3.44. The monoisotopic (exact) mass is 726 g/mol. The number of ether oxygens (including phenoxy) is 2. The van der Waals surface area contributed by atoms with Gasteiger partial charge in [0.25, 0.3) is 0 Å². The van der Waals surface area contributed by atoms with Gasteiger partial charge in [-0.15, -0.1) is 13.2 Å². The van der Waals surface area contributed by atoms with Crippen molar-refractivity contribution in [1.29, 1.82) is 0 Å². The molecule has 2 heterocycles. The number of fused-ring (bicyclic) bond motifs is 1. The maximum Gasteiger partial charge on any atom is 0.573 e. The van der Waals surface area contributed by atoms with E-state index in [1.807, 2.05) is 57.3 Å². The van der Waals surface area contributed by atoms with Crippen LogP contribution in [0, 0.1) is 0 Å². The van der Waals surface area contributed by atoms with Crippen molar-refractivity contribution in [3.05, 3.63) is 87.6 Å². The third-order valence-electron chi connectivity index (χ3n) is 8.75. The molecular formula is C38H53F3N8O3. The smallest absolute Gasteiger partial charge is 0.406 e. The molecule has 0 saturated heterocycles. The molecule has 2 aromatic carbocycles. The first-order valence-electron chi connectivity index (χ1n) is 17.5. The molecule has 284 valence electrons. The lowest BCUT2D eigenvalue weighted by Gasteiger charge is -2.32. The van der Waals surface area contributed by atoms with Crippen molar-refractivity contribution in [1.82, 2.24) is 19.9 Å². The topological polar surface area (TPSA) is 172 Å². The Morgan fingerprint density at radius 1 is 1.04 bits per heavy atom. The highest BCUT2D eigenvalue weighted by Crippen LogP contribution is 2.32. The Bertz CT molecular complexity index is 1860. The molecule has 0 unspecified atom stereocenters. The molecule has 5 rings (SSSR count). The summed E-state index contributed by atoms with van der Waals surface area (Å²) >= 11 is 0.